The van der Waals surface area contributed by atoms with Gasteiger partial charge >= 0.3 is 11.9 Å². The molecule has 2 unspecified atom stereocenters. The van der Waals surface area contributed by atoms with E-state index in [4.69, 9.17) is 9.47 Å². The molecule has 1 aliphatic carbocycles. The van der Waals surface area contributed by atoms with Crippen molar-refractivity contribution in [2.75, 3.05) is 13.2 Å². The Labute approximate surface area is 115 Å². The molecule has 1 rings (SSSR count). The van der Waals surface area contributed by atoms with Crippen molar-refractivity contribution in [3.05, 3.63) is 12.2 Å². The van der Waals surface area contributed by atoms with Crippen LogP contribution >= 0.6 is 0 Å². The molecule has 2 atom stereocenters. The SMILES string of the molecule is CCOC(=O)C1(C(=O)OCC)C=CC(C)C1C(C)C. The Morgan fingerprint density at radius 1 is 1.16 bits per heavy atom. The van der Waals surface area contributed by atoms with Crippen molar-refractivity contribution in [3.8, 4) is 0 Å². The van der Waals surface area contributed by atoms with E-state index in [0.29, 0.717) is 0 Å². The van der Waals surface area contributed by atoms with E-state index >= 15 is 0 Å². The third kappa shape index (κ3) is 2.67. The average Bonchev–Trinajstić information content (AvgIpc) is 2.68. The monoisotopic (exact) mass is 268 g/mol. The van der Waals surface area contributed by atoms with Crippen LogP contribution in [-0.2, 0) is 19.1 Å². The Balaban J connectivity index is 3.22. The van der Waals surface area contributed by atoms with Gasteiger partial charge in [-0.25, -0.2) is 0 Å². The van der Waals surface area contributed by atoms with Gasteiger partial charge in [0.1, 0.15) is 0 Å². The zero-order chi connectivity index (χ0) is 14.6. The maximum absolute atomic E-state index is 12.4. The van der Waals surface area contributed by atoms with Crippen LogP contribution in [0.25, 0.3) is 0 Å². The van der Waals surface area contributed by atoms with Crippen molar-refractivity contribution < 1.29 is 19.1 Å². The van der Waals surface area contributed by atoms with Crippen LogP contribution in [0.5, 0.6) is 0 Å². The van der Waals surface area contributed by atoms with Gasteiger partial charge in [-0.3, -0.25) is 9.59 Å². The highest BCUT2D eigenvalue weighted by atomic mass is 16.6. The van der Waals surface area contributed by atoms with Gasteiger partial charge in [-0.2, -0.15) is 0 Å². The van der Waals surface area contributed by atoms with Gasteiger partial charge in [0.2, 0.25) is 0 Å². The number of esters is 2. The number of ether oxygens (including phenoxy) is 2. The average molecular weight is 268 g/mol. The second-order valence-electron chi connectivity index (χ2n) is 5.30. The first-order valence-corrected chi connectivity index (χ1v) is 6.95. The molecule has 0 saturated heterocycles. The largest absolute Gasteiger partial charge is 0.465 e. The molecule has 4 nitrogen and oxygen atoms in total. The van der Waals surface area contributed by atoms with E-state index in [1.54, 1.807) is 19.9 Å². The first-order valence-electron chi connectivity index (χ1n) is 6.95. The quantitative estimate of drug-likeness (QED) is 0.437. The minimum Gasteiger partial charge on any atom is -0.465 e. The summed E-state index contributed by atoms with van der Waals surface area (Å²) >= 11 is 0. The van der Waals surface area contributed by atoms with Crippen LogP contribution in [-0.4, -0.2) is 25.2 Å². The highest BCUT2D eigenvalue weighted by molar-refractivity contribution is 6.03. The molecule has 0 fully saturated rings. The lowest BCUT2D eigenvalue weighted by Gasteiger charge is -2.34. The Morgan fingerprint density at radius 2 is 1.63 bits per heavy atom. The van der Waals surface area contributed by atoms with Gasteiger partial charge in [-0.15, -0.1) is 0 Å². The lowest BCUT2D eigenvalue weighted by atomic mass is 9.69. The molecule has 0 aliphatic heterocycles. The second-order valence-corrected chi connectivity index (χ2v) is 5.30. The molecule has 0 aromatic rings. The lowest BCUT2D eigenvalue weighted by Crippen LogP contribution is -2.47. The number of rotatable bonds is 5. The molecule has 0 spiro atoms. The zero-order valence-electron chi connectivity index (χ0n) is 12.4. The van der Waals surface area contributed by atoms with E-state index in [1.807, 2.05) is 26.8 Å². The Kier molecular flexibility index (Phi) is 5.15. The Morgan fingerprint density at radius 3 is 2.00 bits per heavy atom. The highest BCUT2D eigenvalue weighted by Crippen LogP contribution is 2.47. The summed E-state index contributed by atoms with van der Waals surface area (Å²) in [5.41, 5.74) is -1.28. The fraction of sp³-hybridized carbons (Fsp3) is 0.733. The van der Waals surface area contributed by atoms with Gasteiger partial charge < -0.3 is 9.47 Å². The number of hydrogen-bond acceptors (Lipinski definition) is 4. The summed E-state index contributed by atoms with van der Waals surface area (Å²) in [7, 11) is 0. The fourth-order valence-electron chi connectivity index (χ4n) is 3.07. The highest BCUT2D eigenvalue weighted by Gasteiger charge is 2.57. The van der Waals surface area contributed by atoms with Crippen molar-refractivity contribution >= 4 is 11.9 Å². The van der Waals surface area contributed by atoms with Gasteiger partial charge in [0.05, 0.1) is 13.2 Å². The third-order valence-corrected chi connectivity index (χ3v) is 3.70. The van der Waals surface area contributed by atoms with Crippen LogP contribution in [0.2, 0.25) is 0 Å². The first-order chi connectivity index (χ1) is 8.91. The first kappa shape index (κ1) is 15.7. The molecule has 19 heavy (non-hydrogen) atoms. The number of carbonyl (C=O) groups excluding carboxylic acids is 2. The maximum atomic E-state index is 12.4. The lowest BCUT2D eigenvalue weighted by molar-refractivity contribution is -0.173. The fourth-order valence-corrected chi connectivity index (χ4v) is 3.07. The number of carbonyl (C=O) groups is 2. The van der Waals surface area contributed by atoms with Crippen LogP contribution in [0.3, 0.4) is 0 Å². The van der Waals surface area contributed by atoms with Gasteiger partial charge in [0.15, 0.2) is 5.41 Å². The summed E-state index contributed by atoms with van der Waals surface area (Å²) in [6.45, 7) is 10.0. The van der Waals surface area contributed by atoms with Crippen molar-refractivity contribution in [1.82, 2.24) is 0 Å². The van der Waals surface area contributed by atoms with E-state index in [-0.39, 0.29) is 31.0 Å². The molecule has 1 aliphatic rings. The van der Waals surface area contributed by atoms with Crippen LogP contribution in [0, 0.1) is 23.2 Å². The Hall–Kier alpha value is -1.32. The molecule has 108 valence electrons. The number of hydrogen-bond donors (Lipinski definition) is 0. The Bertz CT molecular complexity index is 352. The van der Waals surface area contributed by atoms with Crippen molar-refractivity contribution in [3.63, 3.8) is 0 Å². The van der Waals surface area contributed by atoms with Crippen LogP contribution < -0.4 is 0 Å². The minimum atomic E-state index is -1.28. The normalized spacial score (nSPS) is 24.5. The molecule has 0 N–H and O–H groups in total. The summed E-state index contributed by atoms with van der Waals surface area (Å²) in [4.78, 5) is 24.7. The van der Waals surface area contributed by atoms with E-state index < -0.39 is 17.4 Å². The third-order valence-electron chi connectivity index (χ3n) is 3.70. The molecule has 0 bridgehead atoms. The van der Waals surface area contributed by atoms with Gasteiger partial charge in [0.25, 0.3) is 0 Å². The van der Waals surface area contributed by atoms with E-state index in [0.717, 1.165) is 0 Å². The molecular formula is C15H24O4. The van der Waals surface area contributed by atoms with Gasteiger partial charge in [-0.05, 0) is 31.6 Å². The molecule has 0 heterocycles. The summed E-state index contributed by atoms with van der Waals surface area (Å²) < 4.78 is 10.3. The van der Waals surface area contributed by atoms with Crippen molar-refractivity contribution in [2.45, 2.75) is 34.6 Å². The molecule has 0 saturated carbocycles. The predicted molar refractivity (Wildman–Crippen MR) is 72.3 cm³/mol. The molecule has 0 amide bonds. The molecule has 4 heteroatoms. The molecule has 0 aromatic heterocycles. The maximum Gasteiger partial charge on any atom is 0.327 e. The summed E-state index contributed by atoms with van der Waals surface area (Å²) in [6.07, 6.45) is 3.59. The minimum absolute atomic E-state index is 0.120. The molecular weight excluding hydrogens is 244 g/mol. The van der Waals surface area contributed by atoms with Crippen LogP contribution in [0.1, 0.15) is 34.6 Å². The van der Waals surface area contributed by atoms with E-state index in [2.05, 4.69) is 0 Å². The molecule has 0 radical (unpaired) electrons. The summed E-state index contributed by atoms with van der Waals surface area (Å²) in [5, 5.41) is 0. The van der Waals surface area contributed by atoms with Gasteiger partial charge in [-0.1, -0.05) is 32.9 Å². The van der Waals surface area contributed by atoms with E-state index in [9.17, 15) is 9.59 Å². The van der Waals surface area contributed by atoms with Crippen molar-refractivity contribution in [2.24, 2.45) is 23.2 Å². The van der Waals surface area contributed by atoms with Gasteiger partial charge in [0, 0.05) is 0 Å². The van der Waals surface area contributed by atoms with E-state index in [1.165, 1.54) is 0 Å². The summed E-state index contributed by atoms with van der Waals surface area (Å²) in [6, 6.07) is 0. The second kappa shape index (κ2) is 6.22. The van der Waals surface area contributed by atoms with Crippen LogP contribution in [0.15, 0.2) is 12.2 Å². The number of allylic oxidation sites excluding steroid dienone is 1. The molecule has 0 aromatic carbocycles. The summed E-state index contributed by atoms with van der Waals surface area (Å²) in [5.74, 6) is -0.779. The smallest absolute Gasteiger partial charge is 0.327 e. The standard InChI is InChI=1S/C15H24O4/c1-6-18-13(16)15(14(17)19-7-2)9-8-11(5)12(15)10(3)4/h8-12H,6-7H2,1-5H3. The predicted octanol–water partition coefficient (Wildman–Crippen LogP) is 2.58. The van der Waals surface area contributed by atoms with Crippen molar-refractivity contribution in [1.29, 1.82) is 0 Å². The zero-order valence-corrected chi connectivity index (χ0v) is 12.4. The van der Waals surface area contributed by atoms with Crippen LogP contribution in [0.4, 0.5) is 0 Å². The topological polar surface area (TPSA) is 52.6 Å².